The lowest BCUT2D eigenvalue weighted by molar-refractivity contribution is -0.136. The van der Waals surface area contributed by atoms with E-state index in [0.29, 0.717) is 34.9 Å². The number of nitrogens with one attached hydrogen (secondary N) is 2. The van der Waals surface area contributed by atoms with Gasteiger partial charge in [0.1, 0.15) is 16.8 Å². The number of carboxylic acid groups (broad SMARTS) is 1. The van der Waals surface area contributed by atoms with Crippen LogP contribution in [0.2, 0.25) is 5.15 Å². The molecule has 0 atom stereocenters. The topological polar surface area (TPSA) is 148 Å². The average Bonchev–Trinajstić information content (AvgIpc) is 3.43. The van der Waals surface area contributed by atoms with Gasteiger partial charge in [0.25, 0.3) is 5.91 Å². The Bertz CT molecular complexity index is 1430. The highest BCUT2D eigenvalue weighted by atomic mass is 35.5. The molecule has 1 heterocycles. The second-order valence-corrected chi connectivity index (χ2v) is 10.1. The number of carbonyl (C=O) groups is 3. The van der Waals surface area contributed by atoms with Crippen LogP contribution in [-0.4, -0.2) is 52.5 Å². The summed E-state index contributed by atoms with van der Waals surface area (Å²) in [4.78, 5) is 47.1. The smallest absolute Gasteiger partial charge is 0.308 e. The first kappa shape index (κ1) is 28.5. The minimum absolute atomic E-state index is 0.00351. The van der Waals surface area contributed by atoms with E-state index in [4.69, 9.17) is 16.9 Å². The standard InChI is InChI=1S/C29H29ClN6O4/c1-36(17-25(37)32-21-4-2-3-5-21)28-23(15-26(38)39)27(30)34-24(35-28)14-18-8-12-22(13-9-18)33-29(40)20-10-6-19(16-31)7-11-20/h6-13,21H,2-5,14-15,17H2,1H3,(H,32,37)(H,33,40)(H,38,39). The van der Waals surface area contributed by atoms with Gasteiger partial charge < -0.3 is 20.6 Å². The van der Waals surface area contributed by atoms with Crippen LogP contribution in [0.1, 0.15) is 58.6 Å². The van der Waals surface area contributed by atoms with Crippen LogP contribution in [0.25, 0.3) is 0 Å². The number of hydrogen-bond donors (Lipinski definition) is 3. The first-order valence-electron chi connectivity index (χ1n) is 12.9. The zero-order valence-electron chi connectivity index (χ0n) is 22.0. The van der Waals surface area contributed by atoms with Gasteiger partial charge in [-0.1, -0.05) is 36.6 Å². The number of amides is 2. The van der Waals surface area contributed by atoms with E-state index in [1.54, 1.807) is 48.3 Å². The summed E-state index contributed by atoms with van der Waals surface area (Å²) in [6, 6.07) is 15.6. The van der Waals surface area contributed by atoms with Crippen molar-refractivity contribution in [2.24, 2.45) is 0 Å². The van der Waals surface area contributed by atoms with Gasteiger partial charge in [0.05, 0.1) is 24.6 Å². The molecule has 4 rings (SSSR count). The number of hydrogen-bond acceptors (Lipinski definition) is 7. The van der Waals surface area contributed by atoms with Crippen LogP contribution in [0.4, 0.5) is 11.5 Å². The van der Waals surface area contributed by atoms with Gasteiger partial charge in [0.2, 0.25) is 5.91 Å². The number of carbonyl (C=O) groups excluding carboxylic acids is 2. The molecule has 0 unspecified atom stereocenters. The molecule has 10 nitrogen and oxygen atoms in total. The molecule has 11 heteroatoms. The van der Waals surface area contributed by atoms with Crippen LogP contribution < -0.4 is 15.5 Å². The maximum Gasteiger partial charge on any atom is 0.308 e. The molecule has 1 aliphatic rings. The minimum Gasteiger partial charge on any atom is -0.481 e. The lowest BCUT2D eigenvalue weighted by atomic mass is 10.1. The average molecular weight is 561 g/mol. The molecule has 1 saturated carbocycles. The molecule has 0 saturated heterocycles. The maximum absolute atomic E-state index is 12.6. The summed E-state index contributed by atoms with van der Waals surface area (Å²) in [5.41, 5.74) is 2.57. The Morgan fingerprint density at radius 2 is 1.75 bits per heavy atom. The lowest BCUT2D eigenvalue weighted by Crippen LogP contribution is -2.40. The lowest BCUT2D eigenvalue weighted by Gasteiger charge is -2.22. The Morgan fingerprint density at radius 1 is 1.07 bits per heavy atom. The van der Waals surface area contributed by atoms with Crippen LogP contribution in [0.15, 0.2) is 48.5 Å². The van der Waals surface area contributed by atoms with Crippen molar-refractivity contribution in [1.29, 1.82) is 5.26 Å². The number of aromatic nitrogens is 2. The van der Waals surface area contributed by atoms with Crippen LogP contribution in [0.3, 0.4) is 0 Å². The van der Waals surface area contributed by atoms with Gasteiger partial charge in [0.15, 0.2) is 0 Å². The third-order valence-electron chi connectivity index (χ3n) is 6.62. The van der Waals surface area contributed by atoms with Crippen molar-refractivity contribution in [3.05, 3.63) is 81.8 Å². The number of halogens is 1. The van der Waals surface area contributed by atoms with Crippen molar-refractivity contribution < 1.29 is 19.5 Å². The highest BCUT2D eigenvalue weighted by molar-refractivity contribution is 6.30. The zero-order chi connectivity index (χ0) is 28.6. The van der Waals surface area contributed by atoms with Crippen molar-refractivity contribution >= 4 is 40.9 Å². The van der Waals surface area contributed by atoms with E-state index in [1.165, 1.54) is 0 Å². The Labute approximate surface area is 237 Å². The summed E-state index contributed by atoms with van der Waals surface area (Å²) in [6.45, 7) is 0.00351. The number of nitrogens with zero attached hydrogens (tertiary/aromatic N) is 4. The molecular formula is C29H29ClN6O4. The molecular weight excluding hydrogens is 532 g/mol. The minimum atomic E-state index is -1.08. The number of rotatable bonds is 10. The molecule has 1 fully saturated rings. The summed E-state index contributed by atoms with van der Waals surface area (Å²) < 4.78 is 0. The van der Waals surface area contributed by atoms with Crippen molar-refractivity contribution in [3.8, 4) is 6.07 Å². The molecule has 3 N–H and O–H groups in total. The Kier molecular flexibility index (Phi) is 9.30. The fourth-order valence-corrected chi connectivity index (χ4v) is 4.86. The van der Waals surface area contributed by atoms with E-state index in [2.05, 4.69) is 20.6 Å². The number of anilines is 2. The number of aliphatic carboxylic acids is 1. The molecule has 1 aliphatic carbocycles. The number of benzene rings is 2. The molecule has 206 valence electrons. The van der Waals surface area contributed by atoms with Gasteiger partial charge >= 0.3 is 5.97 Å². The van der Waals surface area contributed by atoms with Gasteiger partial charge in [-0.3, -0.25) is 14.4 Å². The molecule has 0 spiro atoms. The largest absolute Gasteiger partial charge is 0.481 e. The van der Waals surface area contributed by atoms with Gasteiger partial charge in [-0.15, -0.1) is 0 Å². The Hall–Kier alpha value is -4.49. The molecule has 0 bridgehead atoms. The summed E-state index contributed by atoms with van der Waals surface area (Å²) in [5.74, 6) is -0.879. The van der Waals surface area contributed by atoms with Crippen LogP contribution in [-0.2, 0) is 22.4 Å². The fourth-order valence-electron chi connectivity index (χ4n) is 4.61. The van der Waals surface area contributed by atoms with E-state index in [9.17, 15) is 19.5 Å². The number of carboxylic acids is 1. The predicted octanol–water partition coefficient (Wildman–Crippen LogP) is 3.97. The van der Waals surface area contributed by atoms with Crippen molar-refractivity contribution in [1.82, 2.24) is 15.3 Å². The molecule has 1 aromatic heterocycles. The third-order valence-corrected chi connectivity index (χ3v) is 6.93. The highest BCUT2D eigenvalue weighted by Crippen LogP contribution is 2.26. The Balaban J connectivity index is 1.46. The molecule has 2 amide bonds. The second-order valence-electron chi connectivity index (χ2n) is 9.73. The van der Waals surface area contributed by atoms with Gasteiger partial charge in [0, 0.05) is 36.3 Å². The predicted molar refractivity (Wildman–Crippen MR) is 150 cm³/mol. The fraction of sp³-hybridized carbons (Fsp3) is 0.310. The zero-order valence-corrected chi connectivity index (χ0v) is 22.7. The molecule has 0 aliphatic heterocycles. The quantitative estimate of drug-likeness (QED) is 0.315. The van der Waals surface area contributed by atoms with Crippen molar-refractivity contribution in [3.63, 3.8) is 0 Å². The molecule has 3 aromatic rings. The third kappa shape index (κ3) is 7.55. The number of likely N-dealkylation sites (N-methyl/N-ethyl adjacent to an activating group) is 1. The normalized spacial score (nSPS) is 12.9. The van der Waals surface area contributed by atoms with E-state index >= 15 is 0 Å². The van der Waals surface area contributed by atoms with Crippen molar-refractivity contribution in [2.45, 2.75) is 44.6 Å². The second kappa shape index (κ2) is 13.0. The summed E-state index contributed by atoms with van der Waals surface area (Å²) in [7, 11) is 1.67. The summed E-state index contributed by atoms with van der Waals surface area (Å²) >= 11 is 6.42. The molecule has 2 aromatic carbocycles. The highest BCUT2D eigenvalue weighted by Gasteiger charge is 2.22. The van der Waals surface area contributed by atoms with Gasteiger partial charge in [-0.05, 0) is 54.8 Å². The van der Waals surface area contributed by atoms with Crippen LogP contribution >= 0.6 is 11.6 Å². The van der Waals surface area contributed by atoms with Gasteiger partial charge in [-0.2, -0.15) is 5.26 Å². The Morgan fingerprint density at radius 3 is 2.38 bits per heavy atom. The SMILES string of the molecule is CN(CC(=O)NC1CCCC1)c1nc(Cc2ccc(NC(=O)c3ccc(C#N)cc3)cc2)nc(Cl)c1CC(=O)O. The van der Waals surface area contributed by atoms with Gasteiger partial charge in [-0.25, -0.2) is 9.97 Å². The van der Waals surface area contributed by atoms with E-state index in [1.807, 2.05) is 18.2 Å². The molecule has 40 heavy (non-hydrogen) atoms. The first-order valence-corrected chi connectivity index (χ1v) is 13.3. The number of nitriles is 1. The molecule has 0 radical (unpaired) electrons. The monoisotopic (exact) mass is 560 g/mol. The van der Waals surface area contributed by atoms with Crippen LogP contribution in [0.5, 0.6) is 0 Å². The van der Waals surface area contributed by atoms with E-state index in [0.717, 1.165) is 31.2 Å². The maximum atomic E-state index is 12.6. The van der Waals surface area contributed by atoms with Crippen LogP contribution in [0, 0.1) is 11.3 Å². The van der Waals surface area contributed by atoms with Crippen molar-refractivity contribution in [2.75, 3.05) is 23.8 Å². The first-order chi connectivity index (χ1) is 19.2. The summed E-state index contributed by atoms with van der Waals surface area (Å²) in [6.07, 6.45) is 4.03. The van der Waals surface area contributed by atoms with E-state index in [-0.39, 0.29) is 41.5 Å². The van der Waals surface area contributed by atoms with E-state index < -0.39 is 5.97 Å². The summed E-state index contributed by atoms with van der Waals surface area (Å²) in [5, 5.41) is 24.2.